The zero-order valence-electron chi connectivity index (χ0n) is 24.1. The van der Waals surface area contributed by atoms with Crippen molar-refractivity contribution in [2.24, 2.45) is 0 Å². The number of aliphatic hydroxyl groups excluding tert-OH is 2. The molecule has 1 aliphatic heterocycles. The van der Waals surface area contributed by atoms with Crippen LogP contribution in [-0.2, 0) is 27.4 Å². The topological polar surface area (TPSA) is 160 Å². The van der Waals surface area contributed by atoms with Gasteiger partial charge in [-0.2, -0.15) is 0 Å². The van der Waals surface area contributed by atoms with Crippen LogP contribution in [0.4, 0.5) is 10.5 Å². The molecule has 230 valence electrons. The Morgan fingerprint density at radius 3 is 2.55 bits per heavy atom. The predicted molar refractivity (Wildman–Crippen MR) is 159 cm³/mol. The van der Waals surface area contributed by atoms with Crippen LogP contribution in [0.3, 0.4) is 0 Å². The van der Waals surface area contributed by atoms with Crippen LogP contribution in [0, 0.1) is 0 Å². The minimum atomic E-state index is -0.635. The van der Waals surface area contributed by atoms with E-state index in [1.807, 2.05) is 18.2 Å². The van der Waals surface area contributed by atoms with E-state index in [0.717, 1.165) is 68.6 Å². The fourth-order valence-electron chi connectivity index (χ4n) is 4.68. The molecule has 11 heteroatoms. The molecule has 1 saturated heterocycles. The zero-order chi connectivity index (χ0) is 30.2. The zero-order valence-corrected chi connectivity index (χ0v) is 24.1. The normalized spacial score (nSPS) is 13.8. The Hall–Kier alpha value is -3.51. The van der Waals surface area contributed by atoms with E-state index in [-0.39, 0.29) is 25.4 Å². The third kappa shape index (κ3) is 11.4. The monoisotopic (exact) mass is 584 g/mol. The fraction of sp³-hybridized carbons (Fsp3) is 0.516. The van der Waals surface area contributed by atoms with E-state index < -0.39 is 23.9 Å². The van der Waals surface area contributed by atoms with Crippen LogP contribution in [0.25, 0.3) is 0 Å². The van der Waals surface area contributed by atoms with E-state index in [1.54, 1.807) is 18.2 Å². The number of nitrogens with one attached hydrogen (secondary N) is 3. The largest absolute Gasteiger partial charge is 0.508 e. The van der Waals surface area contributed by atoms with Crippen molar-refractivity contribution < 1.29 is 34.4 Å². The van der Waals surface area contributed by atoms with Crippen molar-refractivity contribution in [2.75, 3.05) is 44.7 Å². The van der Waals surface area contributed by atoms with Crippen molar-refractivity contribution in [1.82, 2.24) is 15.5 Å². The smallest absolute Gasteiger partial charge is 0.325 e. The lowest BCUT2D eigenvalue weighted by atomic mass is 10.0. The van der Waals surface area contributed by atoms with Crippen molar-refractivity contribution in [3.63, 3.8) is 0 Å². The molecule has 0 aliphatic carbocycles. The molecular formula is C31H44N4O7. The SMILES string of the molecule is O=C(CN1C(=O)CNC1=O)Nc1cccc(CCCCOCCCCCCNCCC(O)c2ccc(O)c(CO)c2)c1. The van der Waals surface area contributed by atoms with Crippen LogP contribution in [-0.4, -0.2) is 77.5 Å². The molecule has 0 saturated carbocycles. The third-order valence-corrected chi connectivity index (χ3v) is 7.10. The number of phenols is 1. The molecule has 1 aliphatic rings. The number of carbonyl (C=O) groups is 3. The Kier molecular flexibility index (Phi) is 14.2. The number of rotatable bonds is 20. The quantitative estimate of drug-likeness (QED) is 0.102. The minimum Gasteiger partial charge on any atom is -0.508 e. The molecule has 1 unspecified atom stereocenters. The molecule has 2 aromatic carbocycles. The standard InChI is InChI=1S/C31H44N4O7/c36-22-25-19-24(11-12-27(25)37)28(38)13-15-32-14-4-1-2-5-16-42-17-6-3-8-23-9-7-10-26(18-23)34-29(39)21-35-30(40)20-33-31(35)41/h7,9-12,18-19,28,32,36-38H,1-6,8,13-17,20-22H2,(H,33,41)(H,34,39). The first-order valence-electron chi connectivity index (χ1n) is 14.7. The van der Waals surface area contributed by atoms with Crippen LogP contribution in [0.5, 0.6) is 5.75 Å². The highest BCUT2D eigenvalue weighted by molar-refractivity contribution is 6.06. The fourth-order valence-corrected chi connectivity index (χ4v) is 4.68. The molecule has 3 rings (SSSR count). The molecular weight excluding hydrogens is 540 g/mol. The summed E-state index contributed by atoms with van der Waals surface area (Å²) in [6, 6.07) is 11.8. The number of nitrogens with zero attached hydrogens (tertiary/aromatic N) is 1. The summed E-state index contributed by atoms with van der Waals surface area (Å²) in [5, 5.41) is 37.7. The Balaban J connectivity index is 1.14. The maximum absolute atomic E-state index is 12.2. The first-order valence-corrected chi connectivity index (χ1v) is 14.7. The Morgan fingerprint density at radius 1 is 1.00 bits per heavy atom. The number of urea groups is 1. The maximum Gasteiger partial charge on any atom is 0.325 e. The summed E-state index contributed by atoms with van der Waals surface area (Å²) in [5.41, 5.74) is 2.85. The Morgan fingerprint density at radius 2 is 1.79 bits per heavy atom. The van der Waals surface area contributed by atoms with Crippen molar-refractivity contribution in [1.29, 1.82) is 0 Å². The summed E-state index contributed by atoms with van der Waals surface area (Å²) < 4.78 is 5.77. The van der Waals surface area contributed by atoms with Gasteiger partial charge in [-0.1, -0.05) is 31.0 Å². The van der Waals surface area contributed by atoms with Crippen LogP contribution < -0.4 is 16.0 Å². The molecule has 1 fully saturated rings. The number of hydrogen-bond acceptors (Lipinski definition) is 8. The van der Waals surface area contributed by atoms with E-state index in [2.05, 4.69) is 16.0 Å². The molecule has 0 spiro atoms. The van der Waals surface area contributed by atoms with Crippen LogP contribution in [0.15, 0.2) is 42.5 Å². The van der Waals surface area contributed by atoms with Gasteiger partial charge in [0.2, 0.25) is 5.91 Å². The van der Waals surface area contributed by atoms with Gasteiger partial charge in [-0.3, -0.25) is 14.5 Å². The Bertz CT molecular complexity index is 1140. The minimum absolute atomic E-state index is 0.0361. The second-order valence-electron chi connectivity index (χ2n) is 10.5. The van der Waals surface area contributed by atoms with Gasteiger partial charge in [0.05, 0.1) is 19.3 Å². The number of benzene rings is 2. The number of aromatic hydroxyl groups is 1. The van der Waals surface area contributed by atoms with Gasteiger partial charge in [-0.25, -0.2) is 4.79 Å². The van der Waals surface area contributed by atoms with E-state index in [9.17, 15) is 29.7 Å². The molecule has 1 heterocycles. The molecule has 42 heavy (non-hydrogen) atoms. The maximum atomic E-state index is 12.2. The van der Waals surface area contributed by atoms with Gasteiger partial charge >= 0.3 is 6.03 Å². The van der Waals surface area contributed by atoms with Gasteiger partial charge in [-0.15, -0.1) is 0 Å². The van der Waals surface area contributed by atoms with Crippen LogP contribution in [0.2, 0.25) is 0 Å². The molecule has 1 atom stereocenters. The van der Waals surface area contributed by atoms with Crippen molar-refractivity contribution in [2.45, 2.75) is 64.1 Å². The second-order valence-corrected chi connectivity index (χ2v) is 10.5. The van der Waals surface area contributed by atoms with Gasteiger partial charge in [-0.05, 0) is 87.0 Å². The van der Waals surface area contributed by atoms with Gasteiger partial charge in [0.1, 0.15) is 12.3 Å². The van der Waals surface area contributed by atoms with Crippen LogP contribution >= 0.6 is 0 Å². The lowest BCUT2D eigenvalue weighted by Gasteiger charge is -2.13. The summed E-state index contributed by atoms with van der Waals surface area (Å²) in [4.78, 5) is 36.4. The lowest BCUT2D eigenvalue weighted by Crippen LogP contribution is -2.38. The van der Waals surface area contributed by atoms with Gasteiger partial charge in [0, 0.05) is 24.5 Å². The van der Waals surface area contributed by atoms with Gasteiger partial charge < -0.3 is 36.0 Å². The average Bonchev–Trinajstić information content (AvgIpc) is 3.29. The summed E-state index contributed by atoms with van der Waals surface area (Å²) >= 11 is 0. The highest BCUT2D eigenvalue weighted by atomic mass is 16.5. The number of ether oxygens (including phenoxy) is 1. The van der Waals surface area contributed by atoms with Gasteiger partial charge in [0.25, 0.3) is 5.91 Å². The van der Waals surface area contributed by atoms with Gasteiger partial charge in [0.15, 0.2) is 0 Å². The molecule has 0 aromatic heterocycles. The van der Waals surface area contributed by atoms with E-state index in [0.29, 0.717) is 36.4 Å². The molecule has 0 bridgehead atoms. The first kappa shape index (κ1) is 33.0. The molecule has 4 amide bonds. The lowest BCUT2D eigenvalue weighted by molar-refractivity contribution is -0.128. The first-order chi connectivity index (χ1) is 20.4. The Labute approximate surface area is 247 Å². The second kappa shape index (κ2) is 18.1. The average molecular weight is 585 g/mol. The summed E-state index contributed by atoms with van der Waals surface area (Å²) in [7, 11) is 0. The number of aliphatic hydroxyl groups is 2. The van der Waals surface area contributed by atoms with Crippen molar-refractivity contribution in [3.05, 3.63) is 59.2 Å². The van der Waals surface area contributed by atoms with E-state index in [1.165, 1.54) is 6.07 Å². The molecule has 11 nitrogen and oxygen atoms in total. The third-order valence-electron chi connectivity index (χ3n) is 7.10. The number of unbranched alkanes of at least 4 members (excludes halogenated alkanes) is 4. The summed E-state index contributed by atoms with van der Waals surface area (Å²) in [5.74, 6) is -0.785. The number of carbonyl (C=O) groups excluding carboxylic acids is 3. The number of anilines is 1. The summed E-state index contributed by atoms with van der Waals surface area (Å²) in [6.45, 7) is 2.42. The highest BCUT2D eigenvalue weighted by Crippen LogP contribution is 2.24. The number of hydrogen-bond donors (Lipinski definition) is 6. The molecule has 0 radical (unpaired) electrons. The summed E-state index contributed by atoms with van der Waals surface area (Å²) in [6.07, 6.45) is 7.03. The van der Waals surface area contributed by atoms with E-state index in [4.69, 9.17) is 4.74 Å². The molecule has 6 N–H and O–H groups in total. The predicted octanol–water partition coefficient (Wildman–Crippen LogP) is 2.99. The number of amides is 4. The number of aryl methyl sites for hydroxylation is 1. The highest BCUT2D eigenvalue weighted by Gasteiger charge is 2.30. The van der Waals surface area contributed by atoms with E-state index >= 15 is 0 Å². The molecule has 2 aromatic rings. The van der Waals surface area contributed by atoms with Crippen molar-refractivity contribution >= 4 is 23.5 Å². The van der Waals surface area contributed by atoms with Crippen LogP contribution in [0.1, 0.15) is 67.7 Å². The van der Waals surface area contributed by atoms with Crippen molar-refractivity contribution in [3.8, 4) is 5.75 Å². The number of imide groups is 1.